The van der Waals surface area contributed by atoms with E-state index in [1.807, 2.05) is 13.0 Å². The fourth-order valence-electron chi connectivity index (χ4n) is 3.88. The summed E-state index contributed by atoms with van der Waals surface area (Å²) in [6.45, 7) is 2.00. The van der Waals surface area contributed by atoms with Crippen molar-refractivity contribution in [3.63, 3.8) is 0 Å². The second-order valence-corrected chi connectivity index (χ2v) is 11.6. The van der Waals surface area contributed by atoms with Crippen LogP contribution in [0.25, 0.3) is 0 Å². The van der Waals surface area contributed by atoms with Gasteiger partial charge in [0.1, 0.15) is 0 Å². The molecule has 1 atom stereocenters. The van der Waals surface area contributed by atoms with Gasteiger partial charge in [-0.15, -0.1) is 0 Å². The van der Waals surface area contributed by atoms with Crippen LogP contribution in [0.5, 0.6) is 0 Å². The molecule has 168 valence electrons. The van der Waals surface area contributed by atoms with Crippen molar-refractivity contribution in [2.75, 3.05) is 6.54 Å². The average Bonchev–Trinajstić information content (AvgIpc) is 2.84. The van der Waals surface area contributed by atoms with Gasteiger partial charge in [-0.05, 0) is 55.3 Å². The number of sulfonamides is 1. The molecule has 0 spiro atoms. The summed E-state index contributed by atoms with van der Waals surface area (Å²) >= 11 is 0. The quantitative estimate of drug-likeness (QED) is 0.543. The number of aryl methyl sites for hydroxylation is 1. The zero-order valence-electron chi connectivity index (χ0n) is 17.9. The molecular weight excluding hydrogens is 456 g/mol. The highest BCUT2D eigenvalue weighted by Crippen LogP contribution is 2.41. The number of hydrogen-bond donors (Lipinski definition) is 0. The van der Waals surface area contributed by atoms with Gasteiger partial charge in [-0.2, -0.15) is 9.57 Å². The summed E-state index contributed by atoms with van der Waals surface area (Å²) in [7, 11) is -7.97. The molecule has 1 aliphatic rings. The van der Waals surface area contributed by atoms with Crippen molar-refractivity contribution in [3.8, 4) is 6.07 Å². The highest BCUT2D eigenvalue weighted by atomic mass is 32.2. The lowest BCUT2D eigenvalue weighted by molar-refractivity contribution is 0.353. The predicted molar refractivity (Wildman–Crippen MR) is 125 cm³/mol. The Morgan fingerprint density at radius 2 is 1.48 bits per heavy atom. The third kappa shape index (κ3) is 4.35. The highest BCUT2D eigenvalue weighted by Gasteiger charge is 2.41. The molecule has 4 rings (SSSR count). The Bertz CT molecular complexity index is 1440. The van der Waals surface area contributed by atoms with Gasteiger partial charge in [-0.1, -0.05) is 54.1 Å². The van der Waals surface area contributed by atoms with Gasteiger partial charge in [0.15, 0.2) is 0 Å². The van der Waals surface area contributed by atoms with E-state index in [9.17, 15) is 16.8 Å². The van der Waals surface area contributed by atoms with Gasteiger partial charge >= 0.3 is 0 Å². The summed E-state index contributed by atoms with van der Waals surface area (Å²) in [6.07, 6.45) is 1.87. The molecule has 8 heteroatoms. The lowest BCUT2D eigenvalue weighted by Crippen LogP contribution is -2.40. The molecular formula is C25H22N2O4S2. The van der Waals surface area contributed by atoms with Crippen LogP contribution in [0.1, 0.15) is 29.2 Å². The van der Waals surface area contributed by atoms with E-state index in [-0.39, 0.29) is 27.7 Å². The van der Waals surface area contributed by atoms with E-state index in [4.69, 9.17) is 5.26 Å². The molecule has 3 aromatic carbocycles. The van der Waals surface area contributed by atoms with Crippen LogP contribution in [-0.2, 0) is 19.9 Å². The van der Waals surface area contributed by atoms with Crippen LogP contribution >= 0.6 is 0 Å². The van der Waals surface area contributed by atoms with Crippen LogP contribution in [0, 0.1) is 18.3 Å². The van der Waals surface area contributed by atoms with Crippen molar-refractivity contribution in [1.29, 1.82) is 5.26 Å². The third-order valence-electron chi connectivity index (χ3n) is 5.60. The Morgan fingerprint density at radius 3 is 2.09 bits per heavy atom. The molecule has 0 aliphatic carbocycles. The van der Waals surface area contributed by atoms with E-state index in [1.54, 1.807) is 60.7 Å². The fraction of sp³-hybridized carbons (Fsp3) is 0.160. The molecule has 0 aromatic heterocycles. The number of nitrogens with zero attached hydrogens (tertiary/aromatic N) is 2. The van der Waals surface area contributed by atoms with Crippen molar-refractivity contribution < 1.29 is 16.8 Å². The molecule has 0 N–H and O–H groups in total. The van der Waals surface area contributed by atoms with Gasteiger partial charge in [-0.3, -0.25) is 0 Å². The molecule has 6 nitrogen and oxygen atoms in total. The topological polar surface area (TPSA) is 95.3 Å². The van der Waals surface area contributed by atoms with Gasteiger partial charge in [0.2, 0.25) is 19.9 Å². The number of benzene rings is 3. The van der Waals surface area contributed by atoms with E-state index in [2.05, 4.69) is 0 Å². The van der Waals surface area contributed by atoms with Crippen molar-refractivity contribution in [2.24, 2.45) is 0 Å². The molecule has 1 unspecified atom stereocenters. The second kappa shape index (κ2) is 8.94. The summed E-state index contributed by atoms with van der Waals surface area (Å²) in [5, 5.41) is 9.16. The van der Waals surface area contributed by atoms with Crippen molar-refractivity contribution in [2.45, 2.75) is 29.2 Å². The van der Waals surface area contributed by atoms with Gasteiger partial charge in [0.25, 0.3) is 0 Å². The standard InChI is InChI=1S/C25H22N2O4S2/c1-19-9-15-22(16-10-19)32(28,29)24-8-5-17-27(33(30,31)23-6-3-2-4-7-23)25(24)21-13-11-20(18-26)12-14-21/h2-4,6-16,25H,5,17H2,1H3. The lowest BCUT2D eigenvalue weighted by Gasteiger charge is -2.35. The molecule has 3 aromatic rings. The summed E-state index contributed by atoms with van der Waals surface area (Å²) in [5.74, 6) is 0. The molecule has 1 aliphatic heterocycles. The van der Waals surface area contributed by atoms with E-state index >= 15 is 0 Å². The van der Waals surface area contributed by atoms with E-state index < -0.39 is 25.9 Å². The van der Waals surface area contributed by atoms with Crippen molar-refractivity contribution in [1.82, 2.24) is 4.31 Å². The van der Waals surface area contributed by atoms with Crippen LogP contribution in [-0.4, -0.2) is 27.7 Å². The summed E-state index contributed by atoms with van der Waals surface area (Å²) in [5.41, 5.74) is 1.80. The lowest BCUT2D eigenvalue weighted by atomic mass is 10.0. The molecule has 0 saturated carbocycles. The van der Waals surface area contributed by atoms with Crippen LogP contribution < -0.4 is 0 Å². The van der Waals surface area contributed by atoms with E-state index in [1.165, 1.54) is 28.6 Å². The van der Waals surface area contributed by atoms with Gasteiger partial charge in [0.05, 0.1) is 32.4 Å². The molecule has 0 fully saturated rings. The van der Waals surface area contributed by atoms with Gasteiger partial charge < -0.3 is 0 Å². The Balaban J connectivity index is 1.89. The Morgan fingerprint density at radius 1 is 0.848 bits per heavy atom. The van der Waals surface area contributed by atoms with Crippen LogP contribution in [0.15, 0.2) is 99.6 Å². The first kappa shape index (κ1) is 22.9. The monoisotopic (exact) mass is 478 g/mol. The molecule has 1 heterocycles. The zero-order valence-corrected chi connectivity index (χ0v) is 19.6. The minimum atomic E-state index is -3.99. The third-order valence-corrected chi connectivity index (χ3v) is 9.38. The number of nitriles is 1. The van der Waals surface area contributed by atoms with Crippen LogP contribution in [0.3, 0.4) is 0 Å². The summed E-state index contributed by atoms with van der Waals surface area (Å²) < 4.78 is 55.8. The first-order chi connectivity index (χ1) is 15.7. The number of rotatable bonds is 5. The number of sulfone groups is 1. The molecule has 0 saturated heterocycles. The second-order valence-electron chi connectivity index (χ2n) is 7.78. The first-order valence-electron chi connectivity index (χ1n) is 10.3. The smallest absolute Gasteiger partial charge is 0.219 e. The maximum Gasteiger partial charge on any atom is 0.243 e. The van der Waals surface area contributed by atoms with Gasteiger partial charge in [0, 0.05) is 6.54 Å². The van der Waals surface area contributed by atoms with Crippen molar-refractivity contribution in [3.05, 3.63) is 107 Å². The maximum atomic E-state index is 13.7. The first-order valence-corrected chi connectivity index (χ1v) is 13.3. The molecule has 0 radical (unpaired) electrons. The summed E-state index contributed by atoms with van der Waals surface area (Å²) in [4.78, 5) is 0.219. The minimum Gasteiger partial charge on any atom is -0.219 e. The minimum absolute atomic E-state index is 0.0156. The Labute approximate surface area is 194 Å². The molecule has 33 heavy (non-hydrogen) atoms. The zero-order chi connectivity index (χ0) is 23.6. The number of hydrogen-bond acceptors (Lipinski definition) is 5. The van der Waals surface area contributed by atoms with Gasteiger partial charge in [-0.25, -0.2) is 16.8 Å². The van der Waals surface area contributed by atoms with Crippen LogP contribution in [0.4, 0.5) is 0 Å². The normalized spacial score (nSPS) is 17.2. The average molecular weight is 479 g/mol. The Kier molecular flexibility index (Phi) is 6.21. The fourth-order valence-corrected chi connectivity index (χ4v) is 7.24. The largest absolute Gasteiger partial charge is 0.243 e. The summed E-state index contributed by atoms with van der Waals surface area (Å²) in [6, 6.07) is 21.8. The van der Waals surface area contributed by atoms with Crippen LogP contribution in [0.2, 0.25) is 0 Å². The molecule has 0 amide bonds. The van der Waals surface area contributed by atoms with E-state index in [0.29, 0.717) is 11.1 Å². The van der Waals surface area contributed by atoms with Crippen molar-refractivity contribution >= 4 is 19.9 Å². The maximum absolute atomic E-state index is 13.7. The Hall–Kier alpha value is -3.25. The predicted octanol–water partition coefficient (Wildman–Crippen LogP) is 4.36. The van der Waals surface area contributed by atoms with E-state index in [0.717, 1.165) is 5.56 Å². The highest BCUT2D eigenvalue weighted by molar-refractivity contribution is 7.95. The molecule has 0 bridgehead atoms. The SMILES string of the molecule is Cc1ccc(S(=O)(=O)C2=CCCN(S(=O)(=O)c3ccccc3)C2c2ccc(C#N)cc2)cc1.